The summed E-state index contributed by atoms with van der Waals surface area (Å²) < 4.78 is 56.6. The Balaban J connectivity index is 0.805. The van der Waals surface area contributed by atoms with Gasteiger partial charge in [-0.05, 0) is 155 Å². The van der Waals surface area contributed by atoms with E-state index in [9.17, 15) is 0 Å². The summed E-state index contributed by atoms with van der Waals surface area (Å²) in [4.78, 5) is 4.39. The van der Waals surface area contributed by atoms with Gasteiger partial charge >= 0.3 is 0 Å². The molecule has 0 N–H and O–H groups in total. The highest BCUT2D eigenvalue weighted by molar-refractivity contribution is 6.17. The Morgan fingerprint density at radius 1 is 0.231 bits per heavy atom. The average Bonchev–Trinajstić information content (AvgIpc) is 4.28. The zero-order valence-corrected chi connectivity index (χ0v) is 41.4. The second-order valence-corrected chi connectivity index (χ2v) is 19.9. The molecular weight excluding hydrogens is 971 g/mol. The van der Waals surface area contributed by atoms with Crippen LogP contribution in [0.25, 0.3) is 121 Å². The number of para-hydroxylation sites is 2. The second kappa shape index (κ2) is 17.0. The minimum Gasteiger partial charge on any atom is -0.456 e. The highest BCUT2D eigenvalue weighted by atomic mass is 19.1. The smallest absolute Gasteiger partial charge is 0.137 e. The highest BCUT2D eigenvalue weighted by Gasteiger charge is 2.22. The number of benzene rings is 12. The van der Waals surface area contributed by atoms with Gasteiger partial charge in [-0.1, -0.05) is 103 Å². The summed E-state index contributed by atoms with van der Waals surface area (Å²) in [5.41, 5.74) is 14.2. The van der Waals surface area contributed by atoms with Crippen molar-refractivity contribution >= 4 is 133 Å². The number of nitrogens with zero attached hydrogens (tertiary/aromatic N) is 2. The molecule has 0 saturated carbocycles. The molecule has 8 heteroatoms. The predicted molar refractivity (Wildman–Crippen MR) is 313 cm³/mol. The molecule has 0 atom stereocenters. The number of furan rings is 4. The molecule has 0 amide bonds. The summed E-state index contributed by atoms with van der Waals surface area (Å²) in [6.45, 7) is 0. The van der Waals surface area contributed by atoms with Crippen molar-refractivity contribution in [3.63, 3.8) is 0 Å². The van der Waals surface area contributed by atoms with Crippen LogP contribution in [0.3, 0.4) is 0 Å². The van der Waals surface area contributed by atoms with Gasteiger partial charge in [0.15, 0.2) is 0 Å². The third-order valence-corrected chi connectivity index (χ3v) is 15.3. The van der Waals surface area contributed by atoms with Gasteiger partial charge in [-0.3, -0.25) is 0 Å². The quantitative estimate of drug-likeness (QED) is 0.151. The standard InChI is InChI=1S/C70H40F2N2O4/c71-61-19-5-1-15-51(61)42-11-9-13-45(31-42)73(48-26-29-65-57(36-48)53-17-3-7-21-63(53)75-65)47-24-23-41-34-56-60-40-69-59(39-70(60)77-67(56)35-44(41)33-47)55-28-25-50(38-68(55)78-69)74(46-14-10-12-43(32-46)52-16-2-6-20-62(52)72)49-27-30-66-58(37-49)54-18-4-8-22-64(54)76-66/h1-40H. The van der Waals surface area contributed by atoms with Gasteiger partial charge in [0.2, 0.25) is 0 Å². The van der Waals surface area contributed by atoms with Crippen molar-refractivity contribution in [2.45, 2.75) is 0 Å². The molecule has 0 bridgehead atoms. The number of anilines is 6. The van der Waals surface area contributed by atoms with Crippen LogP contribution in [-0.2, 0) is 0 Å². The predicted octanol–water partition coefficient (Wildman–Crippen LogP) is 21.0. The van der Waals surface area contributed by atoms with Crippen LogP contribution in [0.2, 0.25) is 0 Å². The summed E-state index contributed by atoms with van der Waals surface area (Å²) in [6, 6.07) is 79.5. The highest BCUT2D eigenvalue weighted by Crippen LogP contribution is 2.46. The Kier molecular flexibility index (Phi) is 9.59. The largest absolute Gasteiger partial charge is 0.456 e. The Bertz CT molecular complexity index is 4910. The minimum atomic E-state index is -0.282. The Morgan fingerprint density at radius 2 is 0.628 bits per heavy atom. The maximum absolute atomic E-state index is 15.3. The minimum absolute atomic E-state index is 0.276. The fraction of sp³-hybridized carbons (Fsp3) is 0. The molecule has 16 aromatic rings. The summed E-state index contributed by atoms with van der Waals surface area (Å²) in [6.07, 6.45) is 0. The van der Waals surface area contributed by atoms with Gasteiger partial charge in [0.25, 0.3) is 0 Å². The molecule has 0 aliphatic heterocycles. The molecule has 0 unspecified atom stereocenters. The van der Waals surface area contributed by atoms with E-state index in [0.717, 1.165) is 138 Å². The summed E-state index contributed by atoms with van der Waals surface area (Å²) in [5.74, 6) is -0.558. The zero-order valence-electron chi connectivity index (χ0n) is 41.4. The Morgan fingerprint density at radius 3 is 1.22 bits per heavy atom. The molecular formula is C70H40F2N2O4. The molecule has 4 aromatic heterocycles. The average molecular weight is 1010 g/mol. The number of hydrogen-bond acceptors (Lipinski definition) is 6. The van der Waals surface area contributed by atoms with Gasteiger partial charge in [0.1, 0.15) is 56.3 Å². The molecule has 0 saturated heterocycles. The van der Waals surface area contributed by atoms with E-state index in [4.69, 9.17) is 17.7 Å². The van der Waals surface area contributed by atoms with Crippen LogP contribution in [-0.4, -0.2) is 0 Å². The van der Waals surface area contributed by atoms with Crippen molar-refractivity contribution in [3.8, 4) is 22.3 Å². The Labute approximate surface area is 443 Å². The first kappa shape index (κ1) is 43.9. The van der Waals surface area contributed by atoms with Gasteiger partial charge in [-0.25, -0.2) is 8.78 Å². The summed E-state index contributed by atoms with van der Waals surface area (Å²) >= 11 is 0. The number of fused-ring (bicyclic) bond motifs is 13. The molecule has 0 fully saturated rings. The first-order valence-electron chi connectivity index (χ1n) is 25.8. The second-order valence-electron chi connectivity index (χ2n) is 19.9. The van der Waals surface area contributed by atoms with Crippen molar-refractivity contribution in [2.24, 2.45) is 0 Å². The van der Waals surface area contributed by atoms with Crippen molar-refractivity contribution < 1.29 is 26.4 Å². The van der Waals surface area contributed by atoms with E-state index in [-0.39, 0.29) is 11.6 Å². The molecule has 6 nitrogen and oxygen atoms in total. The van der Waals surface area contributed by atoms with Gasteiger partial charge in [0, 0.05) is 94.4 Å². The molecule has 0 aliphatic rings. The first-order valence-corrected chi connectivity index (χ1v) is 25.8. The van der Waals surface area contributed by atoms with E-state index in [0.29, 0.717) is 16.7 Å². The van der Waals surface area contributed by atoms with Gasteiger partial charge in [-0.15, -0.1) is 0 Å². The first-order chi connectivity index (χ1) is 38.4. The van der Waals surface area contributed by atoms with Crippen LogP contribution in [0.1, 0.15) is 0 Å². The van der Waals surface area contributed by atoms with E-state index in [1.54, 1.807) is 18.2 Å². The van der Waals surface area contributed by atoms with Crippen molar-refractivity contribution in [3.05, 3.63) is 254 Å². The van der Waals surface area contributed by atoms with Gasteiger partial charge < -0.3 is 27.5 Å². The van der Waals surface area contributed by atoms with Gasteiger partial charge in [-0.2, -0.15) is 0 Å². The molecule has 0 radical (unpaired) electrons. The lowest BCUT2D eigenvalue weighted by Gasteiger charge is -2.26. The molecule has 368 valence electrons. The summed E-state index contributed by atoms with van der Waals surface area (Å²) in [7, 11) is 0. The lowest BCUT2D eigenvalue weighted by Crippen LogP contribution is -2.10. The number of hydrogen-bond donors (Lipinski definition) is 0. The fourth-order valence-corrected chi connectivity index (χ4v) is 11.7. The van der Waals surface area contributed by atoms with E-state index < -0.39 is 0 Å². The Hall–Kier alpha value is -10.4. The van der Waals surface area contributed by atoms with Crippen LogP contribution in [0.5, 0.6) is 0 Å². The maximum atomic E-state index is 15.3. The maximum Gasteiger partial charge on any atom is 0.137 e. The molecule has 12 aromatic carbocycles. The van der Waals surface area contributed by atoms with Crippen LogP contribution in [0.15, 0.2) is 260 Å². The van der Waals surface area contributed by atoms with E-state index in [1.165, 1.54) is 12.1 Å². The zero-order chi connectivity index (χ0) is 51.6. The van der Waals surface area contributed by atoms with Crippen molar-refractivity contribution in [2.75, 3.05) is 9.80 Å². The van der Waals surface area contributed by atoms with Crippen LogP contribution in [0.4, 0.5) is 42.9 Å². The topological polar surface area (TPSA) is 59.0 Å². The van der Waals surface area contributed by atoms with E-state index >= 15 is 8.78 Å². The normalized spacial score (nSPS) is 12.0. The molecule has 0 aliphatic carbocycles. The molecule has 0 spiro atoms. The van der Waals surface area contributed by atoms with Gasteiger partial charge in [0.05, 0.1) is 0 Å². The van der Waals surface area contributed by atoms with E-state index in [2.05, 4.69) is 113 Å². The lowest BCUT2D eigenvalue weighted by atomic mass is 10.0. The molecule has 16 rings (SSSR count). The number of halogens is 2. The number of rotatable bonds is 8. The molecule has 4 heterocycles. The lowest BCUT2D eigenvalue weighted by molar-refractivity contribution is 0.631. The van der Waals surface area contributed by atoms with Crippen molar-refractivity contribution in [1.29, 1.82) is 0 Å². The molecule has 78 heavy (non-hydrogen) atoms. The van der Waals surface area contributed by atoms with Crippen LogP contribution in [0, 0.1) is 11.6 Å². The van der Waals surface area contributed by atoms with Crippen molar-refractivity contribution in [1.82, 2.24) is 0 Å². The van der Waals surface area contributed by atoms with E-state index in [1.807, 2.05) is 109 Å². The third-order valence-electron chi connectivity index (χ3n) is 15.3. The third kappa shape index (κ3) is 7.00. The van der Waals surface area contributed by atoms with Crippen LogP contribution >= 0.6 is 0 Å². The van der Waals surface area contributed by atoms with Crippen LogP contribution < -0.4 is 9.80 Å². The summed E-state index contributed by atoms with van der Waals surface area (Å²) in [5, 5.41) is 9.90. The monoisotopic (exact) mass is 1010 g/mol. The fourth-order valence-electron chi connectivity index (χ4n) is 11.7. The SMILES string of the molecule is Fc1ccccc1-c1cccc(N(c2ccc3cc4c(cc3c2)oc2cc3c(cc24)oc2cc(N(c4cccc(-c5ccccc5F)c4)c4ccc5oc6ccccc6c5c4)ccc23)c2ccc3oc4ccccc4c3c2)c1.